The van der Waals surface area contributed by atoms with Crippen LogP contribution in [0.15, 0.2) is 77.0 Å². The number of likely N-dealkylation sites (N-methyl/N-ethyl adjacent to an activating group) is 1. The lowest BCUT2D eigenvalue weighted by Gasteiger charge is -2.40. The highest BCUT2D eigenvalue weighted by Crippen LogP contribution is 2.29. The van der Waals surface area contributed by atoms with Crippen LogP contribution in [0.25, 0.3) is 5.13 Å². The summed E-state index contributed by atoms with van der Waals surface area (Å²) >= 11 is 1.66. The van der Waals surface area contributed by atoms with Crippen molar-refractivity contribution in [3.05, 3.63) is 95.1 Å². The normalized spacial score (nSPS) is 15.8. The molecule has 0 N–H and O–H groups in total. The second-order valence-corrected chi connectivity index (χ2v) is 10.2. The van der Waals surface area contributed by atoms with Gasteiger partial charge in [-0.3, -0.25) is 14.3 Å². The molecule has 5 rings (SSSR count). The van der Waals surface area contributed by atoms with E-state index in [1.807, 2.05) is 36.5 Å². The van der Waals surface area contributed by atoms with Gasteiger partial charge < -0.3 is 9.32 Å². The third-order valence-electron chi connectivity index (χ3n) is 7.22. The zero-order valence-electron chi connectivity index (χ0n) is 20.3. The summed E-state index contributed by atoms with van der Waals surface area (Å²) in [5.41, 5.74) is 3.19. The van der Waals surface area contributed by atoms with Gasteiger partial charge in [-0.15, -0.1) is 11.3 Å². The summed E-state index contributed by atoms with van der Waals surface area (Å²) in [6, 6.07) is 16.7. The van der Waals surface area contributed by atoms with Gasteiger partial charge in [-0.2, -0.15) is 0 Å². The molecule has 1 unspecified atom stereocenters. The van der Waals surface area contributed by atoms with Gasteiger partial charge in [0.25, 0.3) is 5.91 Å². The van der Waals surface area contributed by atoms with E-state index >= 15 is 0 Å². The molecular formula is C28H32N4O2S. The van der Waals surface area contributed by atoms with Gasteiger partial charge in [0.05, 0.1) is 11.8 Å². The van der Waals surface area contributed by atoms with Crippen LogP contribution in [0, 0.1) is 12.8 Å². The number of nitrogens with zero attached hydrogens (tertiary/aromatic N) is 4. The van der Waals surface area contributed by atoms with Gasteiger partial charge >= 0.3 is 0 Å². The second-order valence-electron chi connectivity index (χ2n) is 9.36. The van der Waals surface area contributed by atoms with Crippen LogP contribution in [0.5, 0.6) is 0 Å². The number of carbonyl (C=O) groups excluding carboxylic acids is 1. The fourth-order valence-corrected chi connectivity index (χ4v) is 5.87. The molecule has 0 radical (unpaired) electrons. The standard InChI is InChI=1S/C28H32N4O2S/c1-21-25(12-17-34-21)27(33)30(2)26(19-22-7-4-3-5-8-22)23-10-15-31(16-11-23)20-24-9-6-14-32(24)28-29-13-18-35-28/h3-9,12-14,17-18,23,26H,10-11,15-16,19-20H2,1-2H3. The number of benzene rings is 1. The largest absolute Gasteiger partial charge is 0.469 e. The lowest BCUT2D eigenvalue weighted by Crippen LogP contribution is -2.47. The molecule has 6 nitrogen and oxygen atoms in total. The highest BCUT2D eigenvalue weighted by molar-refractivity contribution is 7.12. The van der Waals surface area contributed by atoms with Crippen molar-refractivity contribution in [3.8, 4) is 5.13 Å². The van der Waals surface area contributed by atoms with Gasteiger partial charge in [-0.25, -0.2) is 4.98 Å². The molecule has 7 heteroatoms. The fourth-order valence-electron chi connectivity index (χ4n) is 5.21. The minimum atomic E-state index is 0.0425. The van der Waals surface area contributed by atoms with Crippen LogP contribution in [-0.2, 0) is 13.0 Å². The molecule has 0 aliphatic carbocycles. The molecule has 1 saturated heterocycles. The SMILES string of the molecule is Cc1occc1C(=O)N(C)C(Cc1ccccc1)C1CCN(Cc2cccn2-c2nccs2)CC1. The number of aryl methyl sites for hydroxylation is 1. The molecular weight excluding hydrogens is 456 g/mol. The van der Waals surface area contributed by atoms with Crippen LogP contribution in [0.1, 0.15) is 40.2 Å². The zero-order chi connectivity index (χ0) is 24.2. The lowest BCUT2D eigenvalue weighted by molar-refractivity contribution is 0.0582. The predicted octanol–water partition coefficient (Wildman–Crippen LogP) is 5.43. The summed E-state index contributed by atoms with van der Waals surface area (Å²) in [5, 5.41) is 3.03. The summed E-state index contributed by atoms with van der Waals surface area (Å²) in [6.07, 6.45) is 8.54. The summed E-state index contributed by atoms with van der Waals surface area (Å²) in [7, 11) is 1.95. The van der Waals surface area contributed by atoms with Gasteiger partial charge in [0.15, 0.2) is 5.13 Å². The van der Waals surface area contributed by atoms with Crippen LogP contribution in [-0.4, -0.2) is 51.4 Å². The average Bonchev–Trinajstić information content (AvgIpc) is 3.65. The molecule has 1 atom stereocenters. The number of furan rings is 1. The molecule has 0 bridgehead atoms. The van der Waals surface area contributed by atoms with Gasteiger partial charge in [0.1, 0.15) is 5.76 Å². The van der Waals surface area contributed by atoms with E-state index in [-0.39, 0.29) is 11.9 Å². The Labute approximate surface area is 210 Å². The molecule has 35 heavy (non-hydrogen) atoms. The number of rotatable bonds is 8. The summed E-state index contributed by atoms with van der Waals surface area (Å²) in [6.45, 7) is 4.80. The van der Waals surface area contributed by atoms with Crippen molar-refractivity contribution in [2.24, 2.45) is 5.92 Å². The highest BCUT2D eigenvalue weighted by atomic mass is 32.1. The topological polar surface area (TPSA) is 54.5 Å². The molecule has 1 amide bonds. The van der Waals surface area contributed by atoms with E-state index in [4.69, 9.17) is 4.42 Å². The summed E-state index contributed by atoms with van der Waals surface area (Å²) in [4.78, 5) is 22.3. The van der Waals surface area contributed by atoms with E-state index in [1.54, 1.807) is 23.7 Å². The number of hydrogen-bond donors (Lipinski definition) is 0. The minimum absolute atomic E-state index is 0.0425. The molecule has 182 valence electrons. The van der Waals surface area contributed by atoms with Crippen LogP contribution in [0.4, 0.5) is 0 Å². The Morgan fingerprint density at radius 2 is 1.97 bits per heavy atom. The van der Waals surface area contributed by atoms with Gasteiger partial charge in [-0.05, 0) is 69.0 Å². The van der Waals surface area contributed by atoms with E-state index in [0.717, 1.165) is 44.0 Å². The smallest absolute Gasteiger partial charge is 0.257 e. The van der Waals surface area contributed by atoms with E-state index in [2.05, 4.69) is 57.0 Å². The van der Waals surface area contributed by atoms with Gasteiger partial charge in [0, 0.05) is 43.1 Å². The Morgan fingerprint density at radius 3 is 2.66 bits per heavy atom. The van der Waals surface area contributed by atoms with Crippen LogP contribution in [0.2, 0.25) is 0 Å². The van der Waals surface area contributed by atoms with Crippen molar-refractivity contribution < 1.29 is 9.21 Å². The lowest BCUT2D eigenvalue weighted by atomic mass is 9.84. The number of amides is 1. The fraction of sp³-hybridized carbons (Fsp3) is 0.357. The first-order valence-corrected chi connectivity index (χ1v) is 13.1. The van der Waals surface area contributed by atoms with Crippen LogP contribution in [0.3, 0.4) is 0 Å². The Morgan fingerprint density at radius 1 is 1.17 bits per heavy atom. The Hall–Kier alpha value is -3.16. The Kier molecular flexibility index (Phi) is 7.16. The molecule has 4 heterocycles. The summed E-state index contributed by atoms with van der Waals surface area (Å²) < 4.78 is 7.61. The van der Waals surface area contributed by atoms with Crippen molar-refractivity contribution in [1.82, 2.24) is 19.4 Å². The van der Waals surface area contributed by atoms with Gasteiger partial charge in [0.2, 0.25) is 0 Å². The second kappa shape index (κ2) is 10.6. The first kappa shape index (κ1) is 23.6. The molecule has 0 saturated carbocycles. The van der Waals surface area contributed by atoms with Crippen LogP contribution < -0.4 is 0 Å². The number of carbonyl (C=O) groups is 1. The minimum Gasteiger partial charge on any atom is -0.469 e. The number of likely N-dealkylation sites (tertiary alicyclic amines) is 1. The van der Waals surface area contributed by atoms with E-state index in [0.29, 0.717) is 17.2 Å². The maximum Gasteiger partial charge on any atom is 0.257 e. The summed E-state index contributed by atoms with van der Waals surface area (Å²) in [5.74, 6) is 1.16. The Balaban J connectivity index is 1.28. The maximum atomic E-state index is 13.4. The zero-order valence-corrected chi connectivity index (χ0v) is 21.2. The molecule has 3 aromatic heterocycles. The maximum absolute atomic E-state index is 13.4. The first-order valence-electron chi connectivity index (χ1n) is 12.2. The van der Waals surface area contributed by atoms with Crippen molar-refractivity contribution >= 4 is 17.2 Å². The van der Waals surface area contributed by atoms with Gasteiger partial charge in [-0.1, -0.05) is 30.3 Å². The Bertz CT molecular complexity index is 1220. The molecule has 0 spiro atoms. The predicted molar refractivity (Wildman–Crippen MR) is 139 cm³/mol. The van der Waals surface area contributed by atoms with Crippen molar-refractivity contribution in [1.29, 1.82) is 0 Å². The quantitative estimate of drug-likeness (QED) is 0.332. The van der Waals surface area contributed by atoms with Crippen molar-refractivity contribution in [2.45, 2.75) is 38.8 Å². The number of piperidine rings is 1. The van der Waals surface area contributed by atoms with Crippen molar-refractivity contribution in [2.75, 3.05) is 20.1 Å². The number of hydrogen-bond acceptors (Lipinski definition) is 5. The van der Waals surface area contributed by atoms with E-state index in [9.17, 15) is 4.79 Å². The average molecular weight is 489 g/mol. The first-order chi connectivity index (χ1) is 17.1. The van der Waals surface area contributed by atoms with Crippen LogP contribution >= 0.6 is 11.3 Å². The highest BCUT2D eigenvalue weighted by Gasteiger charge is 2.33. The number of aromatic nitrogens is 2. The molecule has 1 fully saturated rings. The third-order valence-corrected chi connectivity index (χ3v) is 7.99. The van der Waals surface area contributed by atoms with E-state index in [1.165, 1.54) is 11.3 Å². The molecule has 1 aromatic carbocycles. The van der Waals surface area contributed by atoms with Crippen molar-refractivity contribution in [3.63, 3.8) is 0 Å². The number of thiazole rings is 1. The third kappa shape index (κ3) is 5.26. The monoisotopic (exact) mass is 488 g/mol. The molecule has 4 aromatic rings. The van der Waals surface area contributed by atoms with E-state index < -0.39 is 0 Å². The molecule has 1 aliphatic heterocycles. The molecule has 1 aliphatic rings.